The first kappa shape index (κ1) is 20.9. The Morgan fingerprint density at radius 3 is 2.16 bits per heavy atom. The van der Waals surface area contributed by atoms with Crippen LogP contribution in [0.2, 0.25) is 0 Å². The lowest BCUT2D eigenvalue weighted by Gasteiger charge is -2.14. The molecule has 1 aliphatic heterocycles. The zero-order chi connectivity index (χ0) is 22.7. The summed E-state index contributed by atoms with van der Waals surface area (Å²) in [7, 11) is 0. The molecule has 0 unspecified atom stereocenters. The molecule has 1 heterocycles. The third-order valence-electron chi connectivity index (χ3n) is 4.85. The molecule has 0 fully saturated rings. The van der Waals surface area contributed by atoms with E-state index < -0.39 is 24.3 Å². The number of nitrogens with one attached hydrogen (secondary N) is 1. The highest BCUT2D eigenvalue weighted by atomic mass is 19.1. The van der Waals surface area contributed by atoms with E-state index in [4.69, 9.17) is 4.74 Å². The number of carbonyl (C=O) groups excluding carboxylic acids is 4. The molecule has 1 aliphatic rings. The Balaban J connectivity index is 1.32. The van der Waals surface area contributed by atoms with Gasteiger partial charge in [-0.1, -0.05) is 30.3 Å². The fourth-order valence-corrected chi connectivity index (χ4v) is 3.29. The average molecular weight is 432 g/mol. The van der Waals surface area contributed by atoms with Gasteiger partial charge in [-0.25, -0.2) is 9.18 Å². The van der Waals surface area contributed by atoms with Gasteiger partial charge in [0.25, 0.3) is 17.7 Å². The third kappa shape index (κ3) is 4.39. The topological polar surface area (TPSA) is 92.8 Å². The van der Waals surface area contributed by atoms with Gasteiger partial charge in [0.05, 0.1) is 23.2 Å². The molecule has 7 nitrogen and oxygen atoms in total. The number of rotatable bonds is 6. The van der Waals surface area contributed by atoms with Crippen molar-refractivity contribution in [2.75, 3.05) is 11.9 Å². The number of anilines is 1. The van der Waals surface area contributed by atoms with Crippen LogP contribution < -0.4 is 5.32 Å². The Morgan fingerprint density at radius 2 is 1.53 bits per heavy atom. The first-order valence-corrected chi connectivity index (χ1v) is 9.69. The van der Waals surface area contributed by atoms with Gasteiger partial charge < -0.3 is 10.1 Å². The van der Waals surface area contributed by atoms with Crippen molar-refractivity contribution in [3.63, 3.8) is 0 Å². The van der Waals surface area contributed by atoms with E-state index in [2.05, 4.69) is 5.32 Å². The van der Waals surface area contributed by atoms with E-state index in [0.717, 1.165) is 11.0 Å². The van der Waals surface area contributed by atoms with E-state index in [1.54, 1.807) is 36.4 Å². The zero-order valence-electron chi connectivity index (χ0n) is 16.7. The van der Waals surface area contributed by atoms with E-state index in [-0.39, 0.29) is 29.6 Å². The van der Waals surface area contributed by atoms with E-state index in [1.165, 1.54) is 30.3 Å². The van der Waals surface area contributed by atoms with Crippen LogP contribution in [-0.2, 0) is 16.1 Å². The molecule has 3 amide bonds. The third-order valence-corrected chi connectivity index (χ3v) is 4.85. The monoisotopic (exact) mass is 432 g/mol. The number of imide groups is 1. The SMILES string of the molecule is O=C(COC(=O)c1ccc(CN2C(=O)c3ccccc3C2=O)cc1)Nc1cccc(F)c1. The summed E-state index contributed by atoms with van der Waals surface area (Å²) >= 11 is 0. The Hall–Kier alpha value is -4.33. The van der Waals surface area contributed by atoms with Crippen LogP contribution in [0.15, 0.2) is 72.8 Å². The van der Waals surface area contributed by atoms with Crippen LogP contribution in [0.3, 0.4) is 0 Å². The van der Waals surface area contributed by atoms with Gasteiger partial charge in [0, 0.05) is 5.69 Å². The van der Waals surface area contributed by atoms with Crippen molar-refractivity contribution in [2.45, 2.75) is 6.54 Å². The van der Waals surface area contributed by atoms with Crippen molar-refractivity contribution in [1.29, 1.82) is 0 Å². The number of hydrogen-bond donors (Lipinski definition) is 1. The first-order chi connectivity index (χ1) is 15.4. The molecule has 0 saturated heterocycles. The number of fused-ring (bicyclic) bond motifs is 1. The number of benzene rings is 3. The summed E-state index contributed by atoms with van der Waals surface area (Å²) < 4.78 is 18.1. The van der Waals surface area contributed by atoms with Crippen molar-refractivity contribution in [1.82, 2.24) is 4.90 Å². The van der Waals surface area contributed by atoms with E-state index >= 15 is 0 Å². The van der Waals surface area contributed by atoms with Gasteiger partial charge in [0.1, 0.15) is 5.82 Å². The fraction of sp³-hybridized carbons (Fsp3) is 0.0833. The average Bonchev–Trinajstić information content (AvgIpc) is 3.03. The smallest absolute Gasteiger partial charge is 0.338 e. The molecule has 3 aromatic rings. The summed E-state index contributed by atoms with van der Waals surface area (Å²) in [5.74, 6) is -2.55. The van der Waals surface area contributed by atoms with Gasteiger partial charge in [-0.15, -0.1) is 0 Å². The second-order valence-electron chi connectivity index (χ2n) is 7.07. The molecule has 0 atom stereocenters. The minimum absolute atomic E-state index is 0.0672. The molecule has 0 spiro atoms. The lowest BCUT2D eigenvalue weighted by atomic mass is 10.1. The van der Waals surface area contributed by atoms with Gasteiger partial charge in [0.2, 0.25) is 0 Å². The number of halogens is 1. The van der Waals surface area contributed by atoms with Crippen molar-refractivity contribution < 1.29 is 28.3 Å². The second kappa shape index (κ2) is 8.81. The van der Waals surface area contributed by atoms with Crippen LogP contribution in [-0.4, -0.2) is 35.2 Å². The largest absolute Gasteiger partial charge is 0.452 e. The lowest BCUT2D eigenvalue weighted by Crippen LogP contribution is -2.29. The molecular formula is C24H17FN2O5. The zero-order valence-corrected chi connectivity index (χ0v) is 16.7. The predicted molar refractivity (Wildman–Crippen MR) is 112 cm³/mol. The molecule has 3 aromatic carbocycles. The number of ether oxygens (including phenoxy) is 1. The van der Waals surface area contributed by atoms with Crippen molar-refractivity contribution >= 4 is 29.4 Å². The Kier molecular flexibility index (Phi) is 5.76. The molecule has 0 radical (unpaired) electrons. The molecule has 0 bridgehead atoms. The Labute approximate surface area is 182 Å². The maximum Gasteiger partial charge on any atom is 0.338 e. The second-order valence-corrected chi connectivity index (χ2v) is 7.07. The van der Waals surface area contributed by atoms with E-state index in [9.17, 15) is 23.6 Å². The van der Waals surface area contributed by atoms with Gasteiger partial charge in [0.15, 0.2) is 6.61 Å². The summed E-state index contributed by atoms with van der Waals surface area (Å²) in [6, 6.07) is 18.1. The van der Waals surface area contributed by atoms with Crippen LogP contribution >= 0.6 is 0 Å². The van der Waals surface area contributed by atoms with Crippen LogP contribution in [0.1, 0.15) is 36.6 Å². The summed E-state index contributed by atoms with van der Waals surface area (Å²) in [4.78, 5) is 50.1. The van der Waals surface area contributed by atoms with Gasteiger partial charge in [-0.05, 0) is 48.0 Å². The Bertz CT molecular complexity index is 1190. The predicted octanol–water partition coefficient (Wildman–Crippen LogP) is 3.42. The molecule has 0 aliphatic carbocycles. The normalized spacial score (nSPS) is 12.5. The van der Waals surface area contributed by atoms with Crippen molar-refractivity contribution in [3.05, 3.63) is 101 Å². The van der Waals surface area contributed by atoms with Crippen LogP contribution in [0.5, 0.6) is 0 Å². The fourth-order valence-electron chi connectivity index (χ4n) is 3.29. The standard InChI is InChI=1S/C24H17FN2O5/c25-17-4-3-5-18(12-17)26-21(28)14-32-24(31)16-10-8-15(9-11-16)13-27-22(29)19-6-1-2-7-20(19)23(27)30/h1-12H,13-14H2,(H,26,28). The van der Waals surface area contributed by atoms with Crippen LogP contribution in [0.4, 0.5) is 10.1 Å². The molecule has 160 valence electrons. The lowest BCUT2D eigenvalue weighted by molar-refractivity contribution is -0.119. The molecular weight excluding hydrogens is 415 g/mol. The van der Waals surface area contributed by atoms with Gasteiger partial charge in [-0.2, -0.15) is 0 Å². The number of nitrogens with zero attached hydrogens (tertiary/aromatic N) is 1. The first-order valence-electron chi connectivity index (χ1n) is 9.69. The number of amides is 3. The van der Waals surface area contributed by atoms with Crippen molar-refractivity contribution in [3.8, 4) is 0 Å². The summed E-state index contributed by atoms with van der Waals surface area (Å²) in [5, 5.41) is 2.43. The van der Waals surface area contributed by atoms with Crippen LogP contribution in [0.25, 0.3) is 0 Å². The molecule has 0 aromatic heterocycles. The number of hydrogen-bond acceptors (Lipinski definition) is 5. The molecule has 0 saturated carbocycles. The maximum absolute atomic E-state index is 13.1. The minimum Gasteiger partial charge on any atom is -0.452 e. The summed E-state index contributed by atoms with van der Waals surface area (Å²) in [6.45, 7) is -0.468. The molecule has 8 heteroatoms. The summed E-state index contributed by atoms with van der Waals surface area (Å²) in [5.41, 5.74) is 1.85. The number of carbonyl (C=O) groups is 4. The molecule has 32 heavy (non-hydrogen) atoms. The van der Waals surface area contributed by atoms with E-state index in [0.29, 0.717) is 16.7 Å². The molecule has 1 N–H and O–H groups in total. The Morgan fingerprint density at radius 1 is 0.875 bits per heavy atom. The van der Waals surface area contributed by atoms with Gasteiger partial charge in [-0.3, -0.25) is 19.3 Å². The van der Waals surface area contributed by atoms with Gasteiger partial charge >= 0.3 is 5.97 Å². The highest BCUT2D eigenvalue weighted by Crippen LogP contribution is 2.24. The number of esters is 1. The van der Waals surface area contributed by atoms with Crippen LogP contribution in [0, 0.1) is 5.82 Å². The van der Waals surface area contributed by atoms with E-state index in [1.807, 2.05) is 0 Å². The molecule has 4 rings (SSSR count). The quantitative estimate of drug-likeness (QED) is 0.476. The highest BCUT2D eigenvalue weighted by Gasteiger charge is 2.34. The maximum atomic E-state index is 13.1. The minimum atomic E-state index is -0.716. The highest BCUT2D eigenvalue weighted by molar-refractivity contribution is 6.21. The van der Waals surface area contributed by atoms with Crippen molar-refractivity contribution in [2.24, 2.45) is 0 Å². The summed E-state index contributed by atoms with van der Waals surface area (Å²) in [6.07, 6.45) is 0.